The second-order valence-corrected chi connectivity index (χ2v) is 3.46. The summed E-state index contributed by atoms with van der Waals surface area (Å²) in [5, 5.41) is 10.8. The molecule has 4 nitrogen and oxygen atoms in total. The van der Waals surface area contributed by atoms with Gasteiger partial charge in [0, 0.05) is 23.5 Å². The highest BCUT2D eigenvalue weighted by Crippen LogP contribution is 2.13. The zero-order valence-corrected chi connectivity index (χ0v) is 7.91. The summed E-state index contributed by atoms with van der Waals surface area (Å²) in [5.41, 5.74) is 8.76. The van der Waals surface area contributed by atoms with E-state index in [1.165, 1.54) is 5.57 Å². The first-order valence-corrected chi connectivity index (χ1v) is 4.69. The number of rotatable bonds is 0. The molecule has 0 saturated carbocycles. The van der Waals surface area contributed by atoms with Gasteiger partial charge in [-0.15, -0.1) is 0 Å². The molecule has 1 aromatic rings. The van der Waals surface area contributed by atoms with E-state index < -0.39 is 0 Å². The molecule has 0 amide bonds. The number of nitrogens with zero attached hydrogens (tertiary/aromatic N) is 2. The Morgan fingerprint density at radius 1 is 1.40 bits per heavy atom. The van der Waals surface area contributed by atoms with Crippen molar-refractivity contribution < 1.29 is 0 Å². The van der Waals surface area contributed by atoms with Gasteiger partial charge in [0.15, 0.2) is 0 Å². The minimum atomic E-state index is 0.651. The fourth-order valence-electron chi connectivity index (χ4n) is 1.85. The molecule has 15 heavy (non-hydrogen) atoms. The van der Waals surface area contributed by atoms with Gasteiger partial charge in [0.2, 0.25) is 0 Å². The molecule has 1 aromatic carbocycles. The standard InChI is InChI=1S/C11H8N4/c12-4-7-1-2-8-9-5-13-14-6-11(9)15-10(8)3-7/h1-3,6,13-14H,5H2. The highest BCUT2D eigenvalue weighted by molar-refractivity contribution is 5.68. The van der Waals surface area contributed by atoms with E-state index in [2.05, 4.69) is 21.9 Å². The smallest absolute Gasteiger partial charge is 0.0992 e. The first kappa shape index (κ1) is 8.21. The zero-order valence-electron chi connectivity index (χ0n) is 7.91. The van der Waals surface area contributed by atoms with Gasteiger partial charge in [0.1, 0.15) is 0 Å². The van der Waals surface area contributed by atoms with Crippen LogP contribution in [-0.4, -0.2) is 6.54 Å². The van der Waals surface area contributed by atoms with Gasteiger partial charge in [-0.05, 0) is 12.1 Å². The summed E-state index contributed by atoms with van der Waals surface area (Å²) in [6.07, 6.45) is 1.84. The number of hydrogen-bond acceptors (Lipinski definition) is 4. The van der Waals surface area contributed by atoms with Crippen LogP contribution in [0.2, 0.25) is 0 Å². The highest BCUT2D eigenvalue weighted by Gasteiger charge is 2.15. The molecule has 0 fully saturated rings. The van der Waals surface area contributed by atoms with Gasteiger partial charge >= 0.3 is 0 Å². The van der Waals surface area contributed by atoms with E-state index in [1.54, 1.807) is 0 Å². The monoisotopic (exact) mass is 196 g/mol. The van der Waals surface area contributed by atoms with Crippen LogP contribution in [0.15, 0.2) is 35.1 Å². The number of fused-ring (bicyclic) bond motifs is 2. The Hall–Kier alpha value is -2.12. The molecule has 3 rings (SSSR count). The molecule has 0 saturated heterocycles. The number of hydrogen-bond donors (Lipinski definition) is 2. The van der Waals surface area contributed by atoms with Crippen LogP contribution in [-0.2, 0) is 0 Å². The lowest BCUT2D eigenvalue weighted by molar-refractivity contribution is 0.667. The van der Waals surface area contributed by atoms with Crippen LogP contribution >= 0.6 is 0 Å². The lowest BCUT2D eigenvalue weighted by Gasteiger charge is -2.12. The van der Waals surface area contributed by atoms with Crippen LogP contribution in [0.5, 0.6) is 0 Å². The van der Waals surface area contributed by atoms with Crippen molar-refractivity contribution in [2.75, 3.05) is 6.54 Å². The SMILES string of the molecule is N#Cc1ccc2c(c1)=NC1=CNNCC=21. The predicted molar refractivity (Wildman–Crippen MR) is 54.6 cm³/mol. The average molecular weight is 196 g/mol. The summed E-state index contributed by atoms with van der Waals surface area (Å²) in [7, 11) is 0. The molecule has 0 spiro atoms. The summed E-state index contributed by atoms with van der Waals surface area (Å²) >= 11 is 0. The van der Waals surface area contributed by atoms with Gasteiger partial charge in [-0.1, -0.05) is 6.07 Å². The van der Waals surface area contributed by atoms with Crippen molar-refractivity contribution in [1.29, 1.82) is 5.26 Å². The third-order valence-corrected chi connectivity index (χ3v) is 2.58. The average Bonchev–Trinajstić information content (AvgIpc) is 2.66. The van der Waals surface area contributed by atoms with Crippen molar-refractivity contribution in [3.05, 3.63) is 46.2 Å². The van der Waals surface area contributed by atoms with Crippen LogP contribution in [0, 0.1) is 11.3 Å². The van der Waals surface area contributed by atoms with Gasteiger partial charge in [-0.3, -0.25) is 0 Å². The highest BCUT2D eigenvalue weighted by atomic mass is 15.4. The van der Waals surface area contributed by atoms with E-state index in [0.717, 1.165) is 22.8 Å². The fourth-order valence-corrected chi connectivity index (χ4v) is 1.85. The van der Waals surface area contributed by atoms with Crippen molar-refractivity contribution in [2.45, 2.75) is 0 Å². The molecule has 0 radical (unpaired) electrons. The number of benzene rings is 1. The van der Waals surface area contributed by atoms with Crippen molar-refractivity contribution in [1.82, 2.24) is 10.9 Å². The van der Waals surface area contributed by atoms with Crippen molar-refractivity contribution in [2.24, 2.45) is 4.99 Å². The lowest BCUT2D eigenvalue weighted by Crippen LogP contribution is -2.35. The third-order valence-electron chi connectivity index (χ3n) is 2.58. The second-order valence-electron chi connectivity index (χ2n) is 3.46. The minimum absolute atomic E-state index is 0.651. The molecule has 72 valence electrons. The summed E-state index contributed by atoms with van der Waals surface area (Å²) in [4.78, 5) is 4.45. The Morgan fingerprint density at radius 2 is 2.33 bits per heavy atom. The van der Waals surface area contributed by atoms with E-state index in [-0.39, 0.29) is 0 Å². The predicted octanol–water partition coefficient (Wildman–Crippen LogP) is -0.709. The molecule has 2 aliphatic heterocycles. The topological polar surface area (TPSA) is 60.2 Å². The van der Waals surface area contributed by atoms with Gasteiger partial charge in [0.25, 0.3) is 0 Å². The first-order valence-electron chi connectivity index (χ1n) is 4.69. The van der Waals surface area contributed by atoms with Crippen LogP contribution in [0.3, 0.4) is 0 Å². The van der Waals surface area contributed by atoms with Crippen molar-refractivity contribution >= 4 is 5.57 Å². The summed E-state index contributed by atoms with van der Waals surface area (Å²) in [6.45, 7) is 0.758. The van der Waals surface area contributed by atoms with E-state index in [0.29, 0.717) is 5.56 Å². The van der Waals surface area contributed by atoms with Crippen molar-refractivity contribution in [3.8, 4) is 6.07 Å². The van der Waals surface area contributed by atoms with Gasteiger partial charge in [0.05, 0.1) is 22.7 Å². The van der Waals surface area contributed by atoms with Crippen LogP contribution < -0.4 is 21.4 Å². The molecule has 2 heterocycles. The first-order chi connectivity index (χ1) is 7.38. The third kappa shape index (κ3) is 1.14. The maximum Gasteiger partial charge on any atom is 0.0992 e. The number of nitrogens with one attached hydrogen (secondary N) is 2. The number of nitriles is 1. The minimum Gasteiger partial charge on any atom is -0.326 e. The van der Waals surface area contributed by atoms with E-state index in [9.17, 15) is 0 Å². The van der Waals surface area contributed by atoms with Crippen LogP contribution in [0.4, 0.5) is 0 Å². The van der Waals surface area contributed by atoms with Crippen molar-refractivity contribution in [3.63, 3.8) is 0 Å². The van der Waals surface area contributed by atoms with Crippen LogP contribution in [0.1, 0.15) is 5.56 Å². The Morgan fingerprint density at radius 3 is 3.20 bits per heavy atom. The maximum absolute atomic E-state index is 8.79. The summed E-state index contributed by atoms with van der Waals surface area (Å²) < 4.78 is 0. The Balaban J connectivity index is 2.36. The normalized spacial score (nSPS) is 16.7. The second kappa shape index (κ2) is 2.94. The summed E-state index contributed by atoms with van der Waals surface area (Å²) in [6, 6.07) is 7.72. The molecule has 0 unspecified atom stereocenters. The van der Waals surface area contributed by atoms with Crippen LogP contribution in [0.25, 0.3) is 5.57 Å². The zero-order chi connectivity index (χ0) is 10.3. The Bertz CT molecular complexity index is 619. The molecule has 0 atom stereocenters. The Kier molecular flexibility index (Phi) is 1.61. The van der Waals surface area contributed by atoms with Gasteiger partial charge < -0.3 is 5.43 Å². The molecule has 0 aliphatic carbocycles. The molecule has 4 heteroatoms. The molecular weight excluding hydrogens is 188 g/mol. The van der Waals surface area contributed by atoms with E-state index in [4.69, 9.17) is 5.26 Å². The van der Waals surface area contributed by atoms with Gasteiger partial charge in [-0.25, -0.2) is 10.4 Å². The molecule has 0 aromatic heterocycles. The van der Waals surface area contributed by atoms with E-state index in [1.807, 2.05) is 24.4 Å². The summed E-state index contributed by atoms with van der Waals surface area (Å²) in [5.74, 6) is 0. The molecular formula is C11H8N4. The van der Waals surface area contributed by atoms with Gasteiger partial charge in [-0.2, -0.15) is 5.26 Å². The quantitative estimate of drug-likeness (QED) is 0.576. The maximum atomic E-state index is 8.79. The fraction of sp³-hybridized carbons (Fsp3) is 0.0909. The Labute approximate surface area is 86.2 Å². The molecule has 0 bridgehead atoms. The number of hydrazine groups is 1. The lowest BCUT2D eigenvalue weighted by atomic mass is 10.1. The van der Waals surface area contributed by atoms with E-state index >= 15 is 0 Å². The largest absolute Gasteiger partial charge is 0.326 e. The molecule has 2 N–H and O–H groups in total. The molecule has 2 aliphatic rings.